The Morgan fingerprint density at radius 2 is 1.10 bits per heavy atom. The highest BCUT2D eigenvalue weighted by atomic mass is 14.9. The maximum absolute atomic E-state index is 4.53. The van der Waals surface area contributed by atoms with Crippen LogP contribution in [0, 0.1) is 0 Å². The van der Waals surface area contributed by atoms with Crippen LogP contribution in [0.15, 0.2) is 48.8 Å². The van der Waals surface area contributed by atoms with Gasteiger partial charge in [0, 0.05) is 11.8 Å². The minimum Gasteiger partial charge on any atom is -0.342 e. The van der Waals surface area contributed by atoms with Crippen LogP contribution in [0.5, 0.6) is 0 Å². The molecule has 2 heterocycles. The van der Waals surface area contributed by atoms with Gasteiger partial charge in [0.05, 0.1) is 23.8 Å². The Bertz CT molecular complexity index is 1110. The molecule has 0 unspecified atom stereocenters. The lowest BCUT2D eigenvalue weighted by Crippen LogP contribution is -2.04. The molecule has 0 radical (unpaired) electrons. The number of hydrogen-bond acceptors (Lipinski definition) is 2. The van der Waals surface area contributed by atoms with Gasteiger partial charge in [-0.2, -0.15) is 0 Å². The summed E-state index contributed by atoms with van der Waals surface area (Å²) in [5, 5.41) is 0. The molecule has 152 valence electrons. The summed E-state index contributed by atoms with van der Waals surface area (Å²) in [7, 11) is 0. The van der Waals surface area contributed by atoms with Crippen molar-refractivity contribution in [2.24, 2.45) is 0 Å². The Morgan fingerprint density at radius 1 is 0.667 bits per heavy atom. The normalized spacial score (nSPS) is 13.0. The third kappa shape index (κ3) is 3.26. The van der Waals surface area contributed by atoms with Crippen LogP contribution in [0.4, 0.5) is 0 Å². The van der Waals surface area contributed by atoms with Crippen molar-refractivity contribution in [2.45, 2.75) is 52.4 Å². The monoisotopic (exact) mass is 396 g/mol. The summed E-state index contributed by atoms with van der Waals surface area (Å²) in [5.41, 5.74) is 10.2. The van der Waals surface area contributed by atoms with E-state index in [0.717, 1.165) is 35.9 Å². The van der Waals surface area contributed by atoms with Gasteiger partial charge in [0.1, 0.15) is 11.6 Å². The quantitative estimate of drug-likeness (QED) is 0.415. The van der Waals surface area contributed by atoms with E-state index in [2.05, 4.69) is 84.0 Å². The van der Waals surface area contributed by atoms with Crippen molar-refractivity contribution in [3.05, 3.63) is 71.6 Å². The lowest BCUT2D eigenvalue weighted by Gasteiger charge is -2.21. The van der Waals surface area contributed by atoms with E-state index >= 15 is 0 Å². The fraction of sp³-hybridized carbons (Fsp3) is 0.308. The topological polar surface area (TPSA) is 57.4 Å². The average Bonchev–Trinajstić information content (AvgIpc) is 3.43. The number of hydrogen-bond donors (Lipinski definition) is 2. The number of rotatable bonds is 4. The SMILES string of the molecule is CC(C)c1ncc(-c2ccc3c(c2)CCc2cc(-c4cnc(C(C)C)[nH]4)ccc2-3)[nH]1. The predicted octanol–water partition coefficient (Wildman–Crippen LogP) is 6.48. The first-order chi connectivity index (χ1) is 14.5. The maximum Gasteiger partial charge on any atom is 0.109 e. The highest BCUT2D eigenvalue weighted by Crippen LogP contribution is 2.37. The summed E-state index contributed by atoms with van der Waals surface area (Å²) >= 11 is 0. The number of aryl methyl sites for hydroxylation is 2. The number of aromatic amines is 2. The zero-order valence-corrected chi connectivity index (χ0v) is 18.1. The van der Waals surface area contributed by atoms with E-state index in [-0.39, 0.29) is 0 Å². The van der Waals surface area contributed by atoms with E-state index in [0.29, 0.717) is 11.8 Å². The Kier molecular flexibility index (Phi) is 4.58. The third-order valence-corrected chi connectivity index (χ3v) is 6.07. The van der Waals surface area contributed by atoms with Crippen molar-refractivity contribution in [3.63, 3.8) is 0 Å². The number of H-pyrrole nitrogens is 2. The zero-order valence-electron chi connectivity index (χ0n) is 18.1. The molecule has 0 aliphatic heterocycles. The Labute approximate surface area is 177 Å². The van der Waals surface area contributed by atoms with E-state index in [4.69, 9.17) is 0 Å². The van der Waals surface area contributed by atoms with Crippen LogP contribution < -0.4 is 0 Å². The summed E-state index contributed by atoms with van der Waals surface area (Å²) in [5.74, 6) is 2.90. The summed E-state index contributed by atoms with van der Waals surface area (Å²) in [4.78, 5) is 16.0. The minimum absolute atomic E-state index is 0.406. The Morgan fingerprint density at radius 3 is 1.47 bits per heavy atom. The van der Waals surface area contributed by atoms with E-state index in [1.54, 1.807) is 0 Å². The average molecular weight is 397 g/mol. The van der Waals surface area contributed by atoms with E-state index in [1.807, 2.05) is 12.4 Å². The fourth-order valence-electron chi connectivity index (χ4n) is 4.28. The van der Waals surface area contributed by atoms with E-state index in [1.165, 1.54) is 33.4 Å². The highest BCUT2D eigenvalue weighted by molar-refractivity contribution is 5.79. The van der Waals surface area contributed by atoms with Crippen LogP contribution in [-0.2, 0) is 12.8 Å². The van der Waals surface area contributed by atoms with E-state index in [9.17, 15) is 0 Å². The van der Waals surface area contributed by atoms with Crippen LogP contribution in [-0.4, -0.2) is 19.9 Å². The van der Waals surface area contributed by atoms with Gasteiger partial charge in [0.25, 0.3) is 0 Å². The van der Waals surface area contributed by atoms with Gasteiger partial charge in [-0.1, -0.05) is 52.0 Å². The molecule has 1 aliphatic rings. The number of benzene rings is 2. The smallest absolute Gasteiger partial charge is 0.109 e. The van der Waals surface area contributed by atoms with Gasteiger partial charge in [-0.3, -0.25) is 0 Å². The minimum atomic E-state index is 0.406. The lowest BCUT2D eigenvalue weighted by atomic mass is 9.83. The number of aromatic nitrogens is 4. The molecule has 2 aromatic heterocycles. The first kappa shape index (κ1) is 18.9. The van der Waals surface area contributed by atoms with Gasteiger partial charge < -0.3 is 9.97 Å². The highest BCUT2D eigenvalue weighted by Gasteiger charge is 2.18. The molecule has 5 rings (SSSR count). The van der Waals surface area contributed by atoms with Crippen molar-refractivity contribution in [1.82, 2.24) is 19.9 Å². The molecule has 0 saturated carbocycles. The van der Waals surface area contributed by atoms with Gasteiger partial charge >= 0.3 is 0 Å². The van der Waals surface area contributed by atoms with Crippen LogP contribution in [0.25, 0.3) is 33.6 Å². The first-order valence-corrected chi connectivity index (χ1v) is 10.9. The number of nitrogens with one attached hydrogen (secondary N) is 2. The van der Waals surface area contributed by atoms with Crippen LogP contribution in [0.2, 0.25) is 0 Å². The molecule has 4 heteroatoms. The molecule has 2 aromatic carbocycles. The van der Waals surface area contributed by atoms with Gasteiger partial charge in [-0.15, -0.1) is 0 Å². The molecule has 4 aromatic rings. The fourth-order valence-corrected chi connectivity index (χ4v) is 4.28. The Hall–Kier alpha value is -3.14. The molecule has 1 aliphatic carbocycles. The molecule has 0 fully saturated rings. The molecule has 0 atom stereocenters. The lowest BCUT2D eigenvalue weighted by molar-refractivity contribution is 0.795. The maximum atomic E-state index is 4.53. The Balaban J connectivity index is 1.48. The molecule has 0 bridgehead atoms. The van der Waals surface area contributed by atoms with Gasteiger partial charge in [-0.25, -0.2) is 9.97 Å². The van der Waals surface area contributed by atoms with Crippen molar-refractivity contribution in [3.8, 4) is 33.6 Å². The van der Waals surface area contributed by atoms with E-state index < -0.39 is 0 Å². The number of nitrogens with zero attached hydrogens (tertiary/aromatic N) is 2. The van der Waals surface area contributed by atoms with Crippen LogP contribution in [0.1, 0.15) is 62.3 Å². The molecule has 2 N–H and O–H groups in total. The van der Waals surface area contributed by atoms with Crippen molar-refractivity contribution < 1.29 is 0 Å². The van der Waals surface area contributed by atoms with Crippen molar-refractivity contribution in [2.75, 3.05) is 0 Å². The molecule has 30 heavy (non-hydrogen) atoms. The molecular weight excluding hydrogens is 368 g/mol. The summed E-state index contributed by atoms with van der Waals surface area (Å²) in [6.07, 6.45) is 6.03. The summed E-state index contributed by atoms with van der Waals surface area (Å²) in [6.45, 7) is 8.64. The first-order valence-electron chi connectivity index (χ1n) is 10.9. The van der Waals surface area contributed by atoms with Gasteiger partial charge in [0.2, 0.25) is 0 Å². The molecule has 0 amide bonds. The predicted molar refractivity (Wildman–Crippen MR) is 123 cm³/mol. The molecule has 0 spiro atoms. The molecule has 4 nitrogen and oxygen atoms in total. The second-order valence-electron chi connectivity index (χ2n) is 8.92. The van der Waals surface area contributed by atoms with Gasteiger partial charge in [0.15, 0.2) is 0 Å². The van der Waals surface area contributed by atoms with Crippen LogP contribution >= 0.6 is 0 Å². The summed E-state index contributed by atoms with van der Waals surface area (Å²) < 4.78 is 0. The van der Waals surface area contributed by atoms with Crippen molar-refractivity contribution >= 4 is 0 Å². The molecular formula is C26H28N4. The number of imidazole rings is 2. The largest absolute Gasteiger partial charge is 0.342 e. The molecule has 0 saturated heterocycles. The van der Waals surface area contributed by atoms with Gasteiger partial charge in [-0.05, 0) is 58.4 Å². The second-order valence-corrected chi connectivity index (χ2v) is 8.92. The van der Waals surface area contributed by atoms with Crippen LogP contribution in [0.3, 0.4) is 0 Å². The van der Waals surface area contributed by atoms with Crippen molar-refractivity contribution in [1.29, 1.82) is 0 Å². The summed E-state index contributed by atoms with van der Waals surface area (Å²) in [6, 6.07) is 13.6. The standard InChI is InChI=1S/C26H28N4/c1-15(2)25-27-13-23(29-25)19-7-9-21-17(11-19)5-6-18-12-20(8-10-22(18)21)24-14-28-26(30-24)16(3)4/h7-16H,5-6H2,1-4H3,(H,27,29)(H,28,30). The third-order valence-electron chi connectivity index (χ3n) is 6.07. The number of fused-ring (bicyclic) bond motifs is 3. The zero-order chi connectivity index (χ0) is 20.8. The second kappa shape index (κ2) is 7.28.